The molecule has 0 saturated heterocycles. The second-order valence-corrected chi connectivity index (χ2v) is 3.93. The quantitative estimate of drug-likeness (QED) is 0.716. The fourth-order valence-corrected chi connectivity index (χ4v) is 1.82. The fraction of sp³-hybridized carbons (Fsp3) is 0.667. The lowest BCUT2D eigenvalue weighted by molar-refractivity contribution is -0.122. The monoisotopic (exact) mass is 206 g/mol. The van der Waals surface area contributed by atoms with E-state index < -0.39 is 5.92 Å². The van der Waals surface area contributed by atoms with Gasteiger partial charge in [-0.3, -0.25) is 4.79 Å². The van der Waals surface area contributed by atoms with Gasteiger partial charge in [-0.05, 0) is 19.3 Å². The molecule has 1 aliphatic rings. The van der Waals surface area contributed by atoms with Crippen LogP contribution in [0.4, 0.5) is 0 Å². The van der Waals surface area contributed by atoms with Crippen LogP contribution < -0.4 is 5.32 Å². The zero-order valence-corrected chi connectivity index (χ0v) is 9.20. The van der Waals surface area contributed by atoms with Crippen LogP contribution in [0.15, 0.2) is 12.2 Å². The lowest BCUT2D eigenvalue weighted by Crippen LogP contribution is -2.36. The number of nitrogens with zero attached hydrogens (tertiary/aromatic N) is 1. The minimum atomic E-state index is -0.620. The standard InChI is InChI=1S/C12H18N2O/c1-2-3-6-10(9-13)12(15)14-11-7-4-5-8-11/h3,6,10-11H,2,4-5,7-8H2,1H3,(H,14,15). The second kappa shape index (κ2) is 6.23. The summed E-state index contributed by atoms with van der Waals surface area (Å²) in [6, 6.07) is 2.31. The number of hydrogen-bond acceptors (Lipinski definition) is 2. The Kier molecular flexibility index (Phi) is 4.89. The Morgan fingerprint density at radius 1 is 1.60 bits per heavy atom. The summed E-state index contributed by atoms with van der Waals surface area (Å²) in [5.41, 5.74) is 0. The molecule has 0 aliphatic heterocycles. The van der Waals surface area contributed by atoms with E-state index in [1.807, 2.05) is 19.1 Å². The molecule has 15 heavy (non-hydrogen) atoms. The van der Waals surface area contributed by atoms with Gasteiger partial charge in [-0.25, -0.2) is 0 Å². The van der Waals surface area contributed by atoms with Crippen LogP contribution in [0.1, 0.15) is 39.0 Å². The van der Waals surface area contributed by atoms with Crippen LogP contribution in [-0.2, 0) is 4.79 Å². The molecule has 0 aromatic heterocycles. The number of nitriles is 1. The molecule has 0 aromatic carbocycles. The van der Waals surface area contributed by atoms with Crippen LogP contribution in [0, 0.1) is 17.2 Å². The molecule has 1 unspecified atom stereocenters. The Morgan fingerprint density at radius 2 is 2.27 bits per heavy atom. The zero-order chi connectivity index (χ0) is 11.1. The van der Waals surface area contributed by atoms with Crippen molar-refractivity contribution in [2.75, 3.05) is 0 Å². The highest BCUT2D eigenvalue weighted by molar-refractivity contribution is 5.83. The van der Waals surface area contributed by atoms with E-state index in [1.165, 1.54) is 12.8 Å². The van der Waals surface area contributed by atoms with E-state index in [4.69, 9.17) is 5.26 Å². The molecule has 1 aliphatic carbocycles. The maximum atomic E-state index is 11.7. The van der Waals surface area contributed by atoms with Gasteiger partial charge in [-0.2, -0.15) is 5.26 Å². The Balaban J connectivity index is 2.42. The van der Waals surface area contributed by atoms with Crippen molar-refractivity contribution >= 4 is 5.91 Å². The van der Waals surface area contributed by atoms with Gasteiger partial charge >= 0.3 is 0 Å². The lowest BCUT2D eigenvalue weighted by atomic mass is 10.1. The summed E-state index contributed by atoms with van der Waals surface area (Å²) in [6.07, 6.45) is 8.89. The van der Waals surface area contributed by atoms with Gasteiger partial charge in [0.15, 0.2) is 0 Å². The topological polar surface area (TPSA) is 52.9 Å². The molecule has 0 heterocycles. The molecule has 3 heteroatoms. The SMILES string of the molecule is CCC=CC(C#N)C(=O)NC1CCCC1. The first-order valence-corrected chi connectivity index (χ1v) is 5.64. The Hall–Kier alpha value is -1.30. The molecule has 1 rings (SSSR count). The highest BCUT2D eigenvalue weighted by Crippen LogP contribution is 2.18. The van der Waals surface area contributed by atoms with Crippen molar-refractivity contribution in [3.63, 3.8) is 0 Å². The summed E-state index contributed by atoms with van der Waals surface area (Å²) in [4.78, 5) is 11.7. The molecule has 0 spiro atoms. The fourth-order valence-electron chi connectivity index (χ4n) is 1.82. The summed E-state index contributed by atoms with van der Waals surface area (Å²) in [7, 11) is 0. The van der Waals surface area contributed by atoms with Crippen molar-refractivity contribution in [2.45, 2.75) is 45.1 Å². The Bertz CT molecular complexity index is 272. The molecule has 3 nitrogen and oxygen atoms in total. The molecule has 1 fully saturated rings. The van der Waals surface area contributed by atoms with Crippen molar-refractivity contribution in [1.29, 1.82) is 5.26 Å². The molecule has 0 aromatic rings. The summed E-state index contributed by atoms with van der Waals surface area (Å²) in [6.45, 7) is 1.99. The molecule has 0 bridgehead atoms. The largest absolute Gasteiger partial charge is 0.352 e. The summed E-state index contributed by atoms with van der Waals surface area (Å²) in [5.74, 6) is -0.764. The van der Waals surface area contributed by atoms with Crippen LogP contribution in [0.25, 0.3) is 0 Å². The Labute approximate surface area is 91.2 Å². The molecule has 82 valence electrons. The highest BCUT2D eigenvalue weighted by atomic mass is 16.1. The first-order chi connectivity index (χ1) is 7.27. The maximum Gasteiger partial charge on any atom is 0.241 e. The number of carbonyl (C=O) groups is 1. The van der Waals surface area contributed by atoms with Gasteiger partial charge in [0.05, 0.1) is 6.07 Å². The van der Waals surface area contributed by atoms with Gasteiger partial charge < -0.3 is 5.32 Å². The molecule has 1 saturated carbocycles. The predicted molar refractivity (Wildman–Crippen MR) is 58.9 cm³/mol. The third kappa shape index (κ3) is 3.75. The Morgan fingerprint density at radius 3 is 2.80 bits per heavy atom. The van der Waals surface area contributed by atoms with Gasteiger partial charge in [0, 0.05) is 6.04 Å². The number of amides is 1. The van der Waals surface area contributed by atoms with E-state index in [2.05, 4.69) is 5.32 Å². The van der Waals surface area contributed by atoms with E-state index in [9.17, 15) is 4.79 Å². The van der Waals surface area contributed by atoms with Gasteiger partial charge in [0.25, 0.3) is 0 Å². The van der Waals surface area contributed by atoms with Crippen molar-refractivity contribution in [3.8, 4) is 6.07 Å². The molecular weight excluding hydrogens is 188 g/mol. The maximum absolute atomic E-state index is 11.7. The average Bonchev–Trinajstić information content (AvgIpc) is 2.71. The number of allylic oxidation sites excluding steroid dienone is 1. The lowest BCUT2D eigenvalue weighted by Gasteiger charge is -2.12. The van der Waals surface area contributed by atoms with Crippen LogP contribution in [0.3, 0.4) is 0 Å². The van der Waals surface area contributed by atoms with Crippen LogP contribution in [0.2, 0.25) is 0 Å². The van der Waals surface area contributed by atoms with Gasteiger partial charge in [-0.15, -0.1) is 0 Å². The van der Waals surface area contributed by atoms with E-state index >= 15 is 0 Å². The third-order valence-electron chi connectivity index (χ3n) is 2.69. The minimum absolute atomic E-state index is 0.144. The molecule has 1 atom stereocenters. The van der Waals surface area contributed by atoms with Gasteiger partial charge in [0.2, 0.25) is 5.91 Å². The smallest absolute Gasteiger partial charge is 0.241 e. The summed E-state index contributed by atoms with van der Waals surface area (Å²) >= 11 is 0. The van der Waals surface area contributed by atoms with Gasteiger partial charge in [-0.1, -0.05) is 31.9 Å². The van der Waals surface area contributed by atoms with Gasteiger partial charge in [0.1, 0.15) is 5.92 Å². The number of nitrogens with one attached hydrogen (secondary N) is 1. The minimum Gasteiger partial charge on any atom is -0.352 e. The van der Waals surface area contributed by atoms with Crippen LogP contribution in [-0.4, -0.2) is 11.9 Å². The molecular formula is C12H18N2O. The zero-order valence-electron chi connectivity index (χ0n) is 9.20. The van der Waals surface area contributed by atoms with E-state index in [1.54, 1.807) is 6.08 Å². The van der Waals surface area contributed by atoms with Crippen molar-refractivity contribution in [1.82, 2.24) is 5.32 Å². The van der Waals surface area contributed by atoms with Crippen LogP contribution >= 0.6 is 0 Å². The van der Waals surface area contributed by atoms with Crippen molar-refractivity contribution in [3.05, 3.63) is 12.2 Å². The summed E-state index contributed by atoms with van der Waals surface area (Å²) in [5, 5.41) is 11.8. The molecule has 0 radical (unpaired) electrons. The van der Waals surface area contributed by atoms with Crippen LogP contribution in [0.5, 0.6) is 0 Å². The first kappa shape index (κ1) is 11.8. The number of carbonyl (C=O) groups excluding carboxylic acids is 1. The second-order valence-electron chi connectivity index (χ2n) is 3.93. The average molecular weight is 206 g/mol. The first-order valence-electron chi connectivity index (χ1n) is 5.64. The van der Waals surface area contributed by atoms with E-state index in [0.717, 1.165) is 19.3 Å². The normalized spacial score (nSPS) is 18.9. The number of hydrogen-bond donors (Lipinski definition) is 1. The van der Waals surface area contributed by atoms with Crippen molar-refractivity contribution in [2.24, 2.45) is 5.92 Å². The highest BCUT2D eigenvalue weighted by Gasteiger charge is 2.21. The molecule has 1 N–H and O–H groups in total. The van der Waals surface area contributed by atoms with E-state index in [-0.39, 0.29) is 5.91 Å². The molecule has 1 amide bonds. The number of rotatable bonds is 4. The summed E-state index contributed by atoms with van der Waals surface area (Å²) < 4.78 is 0. The van der Waals surface area contributed by atoms with E-state index in [0.29, 0.717) is 6.04 Å². The third-order valence-corrected chi connectivity index (χ3v) is 2.69. The predicted octanol–water partition coefficient (Wildman–Crippen LogP) is 2.15. The van der Waals surface area contributed by atoms with Crippen molar-refractivity contribution < 1.29 is 4.79 Å².